The first-order valence-corrected chi connectivity index (χ1v) is 19.0. The molecule has 3 aromatic heterocycles. The molecule has 2 saturated heterocycles. The van der Waals surface area contributed by atoms with Gasteiger partial charge >= 0.3 is 0 Å². The number of nitrogens with zero attached hydrogens (tertiary/aromatic N) is 7. The predicted octanol–water partition coefficient (Wildman–Crippen LogP) is 4.01. The number of benzene rings is 1. The van der Waals surface area contributed by atoms with Crippen molar-refractivity contribution in [3.63, 3.8) is 0 Å². The van der Waals surface area contributed by atoms with Crippen molar-refractivity contribution in [1.82, 2.24) is 24.0 Å². The van der Waals surface area contributed by atoms with Gasteiger partial charge in [-0.05, 0) is 73.6 Å². The van der Waals surface area contributed by atoms with Crippen molar-refractivity contribution in [2.24, 2.45) is 12.5 Å². The fourth-order valence-electron chi connectivity index (χ4n) is 8.77. The average molecular weight is 748 g/mol. The molecule has 1 atom stereocenters. The Morgan fingerprint density at radius 3 is 2.64 bits per heavy atom. The highest BCUT2D eigenvalue weighted by molar-refractivity contribution is 6.06. The number of ether oxygens (including phenoxy) is 1. The summed E-state index contributed by atoms with van der Waals surface area (Å²) in [5.41, 5.74) is 7.31. The highest BCUT2D eigenvalue weighted by Gasteiger charge is 2.38. The number of aliphatic hydroxyl groups excluding tert-OH is 1. The topological polar surface area (TPSA) is 150 Å². The van der Waals surface area contributed by atoms with Crippen LogP contribution in [-0.4, -0.2) is 92.4 Å². The third-order valence-electron chi connectivity index (χ3n) is 11.5. The van der Waals surface area contributed by atoms with Crippen LogP contribution in [0.1, 0.15) is 53.6 Å². The Kier molecular flexibility index (Phi) is 9.38. The van der Waals surface area contributed by atoms with Gasteiger partial charge < -0.3 is 34.5 Å². The zero-order valence-electron chi connectivity index (χ0n) is 32.2. The first kappa shape index (κ1) is 36.7. The highest BCUT2D eigenvalue weighted by atomic mass is 16.5. The van der Waals surface area contributed by atoms with Gasteiger partial charge in [0.1, 0.15) is 11.5 Å². The van der Waals surface area contributed by atoms with Gasteiger partial charge in [0.15, 0.2) is 5.82 Å². The highest BCUT2D eigenvalue weighted by Crippen LogP contribution is 2.41. The van der Waals surface area contributed by atoms with Crippen molar-refractivity contribution in [2.75, 3.05) is 59.8 Å². The normalized spacial score (nSPS) is 19.5. The lowest BCUT2D eigenvalue weighted by molar-refractivity contribution is -0.111. The number of pyridine rings is 1. The van der Waals surface area contributed by atoms with Crippen LogP contribution in [0.15, 0.2) is 54.1 Å². The number of anilines is 5. The molecule has 6 heterocycles. The van der Waals surface area contributed by atoms with E-state index >= 15 is 0 Å². The number of aliphatic hydroxyl groups is 1. The number of aromatic nitrogens is 4. The Morgan fingerprint density at radius 1 is 1.13 bits per heavy atom. The van der Waals surface area contributed by atoms with E-state index in [1.165, 1.54) is 21.9 Å². The zero-order chi connectivity index (χ0) is 38.8. The maximum Gasteiger partial charge on any atom is 0.293 e. The van der Waals surface area contributed by atoms with Gasteiger partial charge in [-0.25, -0.2) is 9.97 Å². The summed E-state index contributed by atoms with van der Waals surface area (Å²) in [7, 11) is 1.64. The number of nitrogens with one attached hydrogen (secondary N) is 2. The Bertz CT molecular complexity index is 2270. The third kappa shape index (κ3) is 6.61. The molecule has 14 heteroatoms. The number of aryl methyl sites for hydroxylation is 2. The maximum atomic E-state index is 14.0. The molecule has 1 aromatic carbocycles. The standard InChI is InChI=1S/C41H49N9O5/c1-7-35(52)44-31-16-27(14-24(2)36(31)48-11-10-47(19-25(48)3)28-22-55-23-28)43-37-40(54)46(6)20-32(45-37)29-8-9-42-38(30(29)21-51)50-13-12-49-33(39(50)53)15-26-17-41(4,5)18-34(26)49/h7-9,14-16,20,25,28,51H,1,10-13,17-19,21-23H2,2-6H3,(H,43,45)(H,44,52)/t25-/m0/s1. The van der Waals surface area contributed by atoms with E-state index in [4.69, 9.17) is 9.72 Å². The molecule has 3 aliphatic heterocycles. The number of hydrogen-bond acceptors (Lipinski definition) is 10. The molecule has 2 amide bonds. The average Bonchev–Trinajstić information content (AvgIpc) is 3.61. The van der Waals surface area contributed by atoms with Gasteiger partial charge in [0.25, 0.3) is 11.5 Å². The number of amides is 2. The second-order valence-electron chi connectivity index (χ2n) is 16.1. The second-order valence-corrected chi connectivity index (χ2v) is 16.1. The molecular weight excluding hydrogens is 699 g/mol. The Balaban J connectivity index is 1.10. The largest absolute Gasteiger partial charge is 0.392 e. The van der Waals surface area contributed by atoms with Gasteiger partial charge in [-0.1, -0.05) is 20.4 Å². The van der Waals surface area contributed by atoms with E-state index in [0.717, 1.165) is 56.9 Å². The third-order valence-corrected chi connectivity index (χ3v) is 11.5. The van der Waals surface area contributed by atoms with E-state index in [1.807, 2.05) is 25.1 Å². The lowest BCUT2D eigenvalue weighted by atomic mass is 9.90. The molecule has 55 heavy (non-hydrogen) atoms. The smallest absolute Gasteiger partial charge is 0.293 e. The fraction of sp³-hybridized carbons (Fsp3) is 0.439. The van der Waals surface area contributed by atoms with Crippen LogP contribution in [0.2, 0.25) is 0 Å². The molecule has 288 valence electrons. The lowest BCUT2D eigenvalue weighted by Crippen LogP contribution is -2.59. The summed E-state index contributed by atoms with van der Waals surface area (Å²) < 4.78 is 9.01. The molecule has 3 N–H and O–H groups in total. The van der Waals surface area contributed by atoms with Crippen LogP contribution in [0.25, 0.3) is 11.3 Å². The van der Waals surface area contributed by atoms with Gasteiger partial charge in [0.2, 0.25) is 5.91 Å². The van der Waals surface area contributed by atoms with Crippen molar-refractivity contribution >= 4 is 40.5 Å². The lowest BCUT2D eigenvalue weighted by Gasteiger charge is -2.47. The van der Waals surface area contributed by atoms with Crippen LogP contribution in [0.4, 0.5) is 28.7 Å². The molecular formula is C41H49N9O5. The minimum Gasteiger partial charge on any atom is -0.392 e. The van der Waals surface area contributed by atoms with E-state index in [0.29, 0.717) is 58.8 Å². The van der Waals surface area contributed by atoms with Gasteiger partial charge in [0, 0.05) is 80.7 Å². The molecule has 0 unspecified atom stereocenters. The van der Waals surface area contributed by atoms with E-state index in [2.05, 4.69) is 57.3 Å². The van der Waals surface area contributed by atoms with Gasteiger partial charge in [-0.2, -0.15) is 0 Å². The summed E-state index contributed by atoms with van der Waals surface area (Å²) in [5.74, 6) is -0.0707. The van der Waals surface area contributed by atoms with Crippen LogP contribution in [0.5, 0.6) is 0 Å². The van der Waals surface area contributed by atoms with Crippen LogP contribution in [-0.2, 0) is 42.6 Å². The van der Waals surface area contributed by atoms with E-state index in [-0.39, 0.29) is 34.6 Å². The first-order valence-electron chi connectivity index (χ1n) is 19.0. The molecule has 0 spiro atoms. The summed E-state index contributed by atoms with van der Waals surface area (Å²) in [5, 5.41) is 17.0. The quantitative estimate of drug-likeness (QED) is 0.215. The molecule has 2 fully saturated rings. The van der Waals surface area contributed by atoms with E-state index in [1.54, 1.807) is 30.4 Å². The van der Waals surface area contributed by atoms with Crippen LogP contribution in [0.3, 0.4) is 0 Å². The number of carbonyl (C=O) groups excluding carboxylic acids is 2. The molecule has 0 saturated carbocycles. The monoisotopic (exact) mass is 747 g/mol. The van der Waals surface area contributed by atoms with Gasteiger partial charge in [-0.15, -0.1) is 0 Å². The Labute approximate surface area is 320 Å². The molecule has 4 aromatic rings. The molecule has 8 rings (SSSR count). The Morgan fingerprint density at radius 2 is 1.93 bits per heavy atom. The number of piperazine rings is 1. The Hall–Kier alpha value is -5.31. The summed E-state index contributed by atoms with van der Waals surface area (Å²) in [6, 6.07) is 8.15. The summed E-state index contributed by atoms with van der Waals surface area (Å²) in [4.78, 5) is 56.0. The SMILES string of the molecule is C=CC(=O)Nc1cc(Nc2nc(-c3ccnc(N4CCn5c(cc6c5CC(C)(C)C6)C4=O)c3CO)cn(C)c2=O)cc(C)c1N1CCN(C2COC2)C[C@@H]1C. The number of rotatable bonds is 9. The molecule has 4 aliphatic rings. The zero-order valence-corrected chi connectivity index (χ0v) is 32.2. The van der Waals surface area contributed by atoms with Gasteiger partial charge in [0.05, 0.1) is 42.9 Å². The fourth-order valence-corrected chi connectivity index (χ4v) is 8.77. The van der Waals surface area contributed by atoms with Crippen molar-refractivity contribution in [1.29, 1.82) is 0 Å². The maximum absolute atomic E-state index is 14.0. The minimum absolute atomic E-state index is 0.0596. The van der Waals surface area contributed by atoms with Crippen molar-refractivity contribution < 1.29 is 19.4 Å². The minimum atomic E-state index is -0.393. The molecule has 14 nitrogen and oxygen atoms in total. The predicted molar refractivity (Wildman–Crippen MR) is 212 cm³/mol. The van der Waals surface area contributed by atoms with Crippen LogP contribution in [0, 0.1) is 12.3 Å². The molecule has 1 aliphatic carbocycles. The van der Waals surface area contributed by atoms with Gasteiger partial charge in [-0.3, -0.25) is 24.2 Å². The van der Waals surface area contributed by atoms with E-state index in [9.17, 15) is 19.5 Å². The number of carbonyl (C=O) groups is 2. The van der Waals surface area contributed by atoms with Crippen LogP contribution < -0.4 is 26.0 Å². The molecule has 0 bridgehead atoms. The summed E-state index contributed by atoms with van der Waals surface area (Å²) >= 11 is 0. The number of fused-ring (bicyclic) bond motifs is 3. The van der Waals surface area contributed by atoms with Crippen molar-refractivity contribution in [2.45, 2.75) is 65.8 Å². The van der Waals surface area contributed by atoms with Crippen molar-refractivity contribution in [3.05, 3.63) is 87.7 Å². The summed E-state index contributed by atoms with van der Waals surface area (Å²) in [6.07, 6.45) is 6.32. The second kappa shape index (κ2) is 14.1. The summed E-state index contributed by atoms with van der Waals surface area (Å²) in [6.45, 7) is 17.0. The first-order chi connectivity index (χ1) is 26.3. The van der Waals surface area contributed by atoms with Crippen molar-refractivity contribution in [3.8, 4) is 11.3 Å². The van der Waals surface area contributed by atoms with E-state index < -0.39 is 6.61 Å². The van der Waals surface area contributed by atoms with Crippen LogP contribution >= 0.6 is 0 Å². The number of hydrogen-bond donors (Lipinski definition) is 3. The molecule has 0 radical (unpaired) electrons.